The smallest absolute Gasteiger partial charge is 0.118 e. The summed E-state index contributed by atoms with van der Waals surface area (Å²) in [4.78, 5) is 2.58. The number of likely N-dealkylation sites (N-methyl/N-ethyl adjacent to an activating group) is 1. The van der Waals surface area contributed by atoms with Gasteiger partial charge in [0.15, 0.2) is 0 Å². The summed E-state index contributed by atoms with van der Waals surface area (Å²) in [5.41, 5.74) is 1.46. The van der Waals surface area contributed by atoms with Gasteiger partial charge in [0.1, 0.15) is 5.75 Å². The molecule has 94 valence electrons. The fraction of sp³-hybridized carbons (Fsp3) is 0.600. The molecule has 1 aromatic rings. The molecular formula is C15H23NO. The van der Waals surface area contributed by atoms with E-state index in [0.717, 1.165) is 12.3 Å². The average Bonchev–Trinajstić information content (AvgIpc) is 2.39. The summed E-state index contributed by atoms with van der Waals surface area (Å²) in [6.07, 6.45) is 2.62. The molecule has 2 rings (SSSR count). The molecule has 1 aromatic carbocycles. The van der Waals surface area contributed by atoms with Crippen LogP contribution in [-0.4, -0.2) is 31.1 Å². The van der Waals surface area contributed by atoms with E-state index in [1.807, 2.05) is 0 Å². The lowest BCUT2D eigenvalue weighted by atomic mass is 9.84. The van der Waals surface area contributed by atoms with E-state index in [4.69, 9.17) is 4.74 Å². The van der Waals surface area contributed by atoms with Gasteiger partial charge in [0.2, 0.25) is 0 Å². The Bertz CT molecular complexity index is 346. The number of piperidine rings is 1. The van der Waals surface area contributed by atoms with E-state index in [2.05, 4.69) is 43.0 Å². The molecule has 0 amide bonds. The number of hydrogen-bond acceptors (Lipinski definition) is 2. The van der Waals surface area contributed by atoms with Gasteiger partial charge in [0.25, 0.3) is 0 Å². The summed E-state index contributed by atoms with van der Waals surface area (Å²) in [7, 11) is 1.72. The van der Waals surface area contributed by atoms with Crippen molar-refractivity contribution < 1.29 is 4.74 Å². The summed E-state index contributed by atoms with van der Waals surface area (Å²) in [6, 6.07) is 9.25. The highest BCUT2D eigenvalue weighted by atomic mass is 16.5. The number of rotatable bonds is 3. The van der Waals surface area contributed by atoms with Crippen molar-refractivity contribution >= 4 is 0 Å². The second kappa shape index (κ2) is 5.54. The minimum absolute atomic E-state index is 0.655. The first-order valence-electron chi connectivity index (χ1n) is 6.64. The molecular weight excluding hydrogens is 210 g/mol. The van der Waals surface area contributed by atoms with E-state index in [1.165, 1.54) is 24.9 Å². The van der Waals surface area contributed by atoms with E-state index in [0.29, 0.717) is 12.0 Å². The Morgan fingerprint density at radius 2 is 2.00 bits per heavy atom. The maximum atomic E-state index is 5.22. The molecule has 1 aliphatic heterocycles. The molecule has 1 fully saturated rings. The van der Waals surface area contributed by atoms with Crippen LogP contribution in [0.3, 0.4) is 0 Å². The first kappa shape index (κ1) is 12.4. The maximum Gasteiger partial charge on any atom is 0.118 e. The highest BCUT2D eigenvalue weighted by Gasteiger charge is 2.27. The SMILES string of the molecule is CCN1CCC[C@@H](c2ccc(OC)cc2)[C@H]1C. The molecule has 2 nitrogen and oxygen atoms in total. The van der Waals surface area contributed by atoms with Crippen LogP contribution in [0.2, 0.25) is 0 Å². The lowest BCUT2D eigenvalue weighted by molar-refractivity contribution is 0.146. The van der Waals surface area contributed by atoms with Crippen LogP contribution in [0.4, 0.5) is 0 Å². The first-order valence-corrected chi connectivity index (χ1v) is 6.64. The molecule has 0 aromatic heterocycles. The second-order valence-corrected chi connectivity index (χ2v) is 4.89. The molecule has 17 heavy (non-hydrogen) atoms. The summed E-state index contributed by atoms with van der Waals surface area (Å²) >= 11 is 0. The molecule has 0 N–H and O–H groups in total. The number of benzene rings is 1. The van der Waals surface area contributed by atoms with Gasteiger partial charge in [-0.3, -0.25) is 0 Å². The van der Waals surface area contributed by atoms with Gasteiger partial charge in [-0.15, -0.1) is 0 Å². The molecule has 0 aliphatic carbocycles. The molecule has 1 heterocycles. The van der Waals surface area contributed by atoms with E-state index >= 15 is 0 Å². The van der Waals surface area contributed by atoms with Gasteiger partial charge >= 0.3 is 0 Å². The summed E-state index contributed by atoms with van der Waals surface area (Å²) < 4.78 is 5.22. The normalized spacial score (nSPS) is 25.8. The summed E-state index contributed by atoms with van der Waals surface area (Å²) in [5, 5.41) is 0. The third-order valence-electron chi connectivity index (χ3n) is 4.07. The van der Waals surface area contributed by atoms with Gasteiger partial charge in [0, 0.05) is 6.04 Å². The fourth-order valence-electron chi connectivity index (χ4n) is 2.96. The Labute approximate surface area is 105 Å². The Morgan fingerprint density at radius 1 is 1.29 bits per heavy atom. The Morgan fingerprint density at radius 3 is 2.59 bits per heavy atom. The largest absolute Gasteiger partial charge is 0.497 e. The van der Waals surface area contributed by atoms with Crippen molar-refractivity contribution in [2.45, 2.75) is 38.6 Å². The lowest BCUT2D eigenvalue weighted by Gasteiger charge is -2.39. The van der Waals surface area contributed by atoms with Crippen molar-refractivity contribution in [1.82, 2.24) is 4.90 Å². The van der Waals surface area contributed by atoms with Crippen LogP contribution in [0.15, 0.2) is 24.3 Å². The van der Waals surface area contributed by atoms with Gasteiger partial charge in [-0.05, 0) is 56.5 Å². The van der Waals surface area contributed by atoms with Crippen molar-refractivity contribution in [3.63, 3.8) is 0 Å². The second-order valence-electron chi connectivity index (χ2n) is 4.89. The molecule has 0 spiro atoms. The first-order chi connectivity index (χ1) is 8.26. The van der Waals surface area contributed by atoms with Crippen molar-refractivity contribution in [2.75, 3.05) is 20.2 Å². The summed E-state index contributed by atoms with van der Waals surface area (Å²) in [6.45, 7) is 7.03. The molecule has 1 aliphatic rings. The zero-order chi connectivity index (χ0) is 12.3. The topological polar surface area (TPSA) is 12.5 Å². The quantitative estimate of drug-likeness (QED) is 0.794. The molecule has 1 saturated heterocycles. The Hall–Kier alpha value is -1.02. The molecule has 0 bridgehead atoms. The van der Waals surface area contributed by atoms with Crippen LogP contribution in [0.25, 0.3) is 0 Å². The van der Waals surface area contributed by atoms with Crippen LogP contribution in [-0.2, 0) is 0 Å². The van der Waals surface area contributed by atoms with E-state index in [-0.39, 0.29) is 0 Å². The monoisotopic (exact) mass is 233 g/mol. The number of likely N-dealkylation sites (tertiary alicyclic amines) is 1. The van der Waals surface area contributed by atoms with Crippen molar-refractivity contribution in [2.24, 2.45) is 0 Å². The third-order valence-corrected chi connectivity index (χ3v) is 4.07. The van der Waals surface area contributed by atoms with Crippen LogP contribution < -0.4 is 4.74 Å². The standard InChI is InChI=1S/C15H23NO/c1-4-16-11-5-6-15(12(16)2)13-7-9-14(17-3)10-8-13/h7-10,12,15H,4-6,11H2,1-3H3/t12-,15-/m1/s1. The zero-order valence-corrected chi connectivity index (χ0v) is 11.1. The van der Waals surface area contributed by atoms with E-state index in [1.54, 1.807) is 7.11 Å². The molecule has 2 atom stereocenters. The number of methoxy groups -OCH3 is 1. The van der Waals surface area contributed by atoms with E-state index in [9.17, 15) is 0 Å². The average molecular weight is 233 g/mol. The zero-order valence-electron chi connectivity index (χ0n) is 11.1. The highest BCUT2D eigenvalue weighted by molar-refractivity contribution is 5.30. The van der Waals surface area contributed by atoms with Gasteiger partial charge < -0.3 is 9.64 Å². The Balaban J connectivity index is 2.14. The lowest BCUT2D eigenvalue weighted by Crippen LogP contribution is -2.41. The highest BCUT2D eigenvalue weighted by Crippen LogP contribution is 2.32. The van der Waals surface area contributed by atoms with Crippen molar-refractivity contribution in [3.05, 3.63) is 29.8 Å². The fourth-order valence-corrected chi connectivity index (χ4v) is 2.96. The molecule has 0 saturated carbocycles. The number of nitrogens with zero attached hydrogens (tertiary/aromatic N) is 1. The Kier molecular flexibility index (Phi) is 4.06. The van der Waals surface area contributed by atoms with Crippen LogP contribution >= 0.6 is 0 Å². The van der Waals surface area contributed by atoms with Gasteiger partial charge in [-0.2, -0.15) is 0 Å². The third kappa shape index (κ3) is 2.63. The van der Waals surface area contributed by atoms with Crippen LogP contribution in [0.1, 0.15) is 38.2 Å². The molecule has 0 radical (unpaired) electrons. The number of hydrogen-bond donors (Lipinski definition) is 0. The van der Waals surface area contributed by atoms with E-state index < -0.39 is 0 Å². The van der Waals surface area contributed by atoms with Crippen molar-refractivity contribution in [3.8, 4) is 5.75 Å². The van der Waals surface area contributed by atoms with Gasteiger partial charge in [-0.1, -0.05) is 19.1 Å². The predicted octanol–water partition coefficient (Wildman–Crippen LogP) is 3.28. The molecule has 0 unspecified atom stereocenters. The maximum absolute atomic E-state index is 5.22. The van der Waals surface area contributed by atoms with Gasteiger partial charge in [0.05, 0.1) is 7.11 Å². The predicted molar refractivity (Wildman–Crippen MR) is 71.7 cm³/mol. The number of ether oxygens (including phenoxy) is 1. The minimum atomic E-state index is 0.655. The van der Waals surface area contributed by atoms with Crippen LogP contribution in [0, 0.1) is 0 Å². The van der Waals surface area contributed by atoms with Crippen LogP contribution in [0.5, 0.6) is 5.75 Å². The minimum Gasteiger partial charge on any atom is -0.497 e. The molecule has 2 heteroatoms. The summed E-state index contributed by atoms with van der Waals surface area (Å²) in [5.74, 6) is 1.62. The van der Waals surface area contributed by atoms with Gasteiger partial charge in [-0.25, -0.2) is 0 Å². The van der Waals surface area contributed by atoms with Crippen molar-refractivity contribution in [1.29, 1.82) is 0 Å².